The fraction of sp³-hybridized carbons (Fsp3) is 0.250. The predicted octanol–water partition coefficient (Wildman–Crippen LogP) is 2.65. The summed E-state index contributed by atoms with van der Waals surface area (Å²) in [6.07, 6.45) is 5.40. The van der Waals surface area contributed by atoms with E-state index in [0.29, 0.717) is 5.56 Å². The third kappa shape index (κ3) is 3.54. The van der Waals surface area contributed by atoms with Crippen LogP contribution < -0.4 is 5.32 Å². The lowest BCUT2D eigenvalue weighted by molar-refractivity contribution is 0.0828. The smallest absolute Gasteiger partial charge is 0.253 e. The Kier molecular flexibility index (Phi) is 5.23. The number of fused-ring (bicyclic) bond motifs is 2. The number of aryl methyl sites for hydroxylation is 1. The van der Waals surface area contributed by atoms with Crippen molar-refractivity contribution in [3.05, 3.63) is 48.4 Å². The molecule has 0 spiro atoms. The topological polar surface area (TPSA) is 78.8 Å². The molecule has 0 aliphatic rings. The van der Waals surface area contributed by atoms with Gasteiger partial charge in [-0.15, -0.1) is 0 Å². The highest BCUT2D eigenvalue weighted by Crippen LogP contribution is 2.31. The first kappa shape index (κ1) is 18.6. The van der Waals surface area contributed by atoms with Crippen LogP contribution in [0, 0.1) is 0 Å². The monoisotopic (exact) mass is 364 g/mol. The Morgan fingerprint density at radius 2 is 1.85 bits per heavy atom. The Morgan fingerprint density at radius 1 is 1.15 bits per heavy atom. The van der Waals surface area contributed by atoms with Crippen LogP contribution in [0.5, 0.6) is 0 Å². The lowest BCUT2D eigenvalue weighted by atomic mass is 10.1. The lowest BCUT2D eigenvalue weighted by Crippen LogP contribution is -2.21. The minimum atomic E-state index is -0.00770. The van der Waals surface area contributed by atoms with Gasteiger partial charge in [-0.05, 0) is 38.4 Å². The van der Waals surface area contributed by atoms with Crippen molar-refractivity contribution in [2.45, 2.75) is 0 Å². The molecule has 1 amide bonds. The van der Waals surface area contributed by atoms with Gasteiger partial charge in [0, 0.05) is 61.8 Å². The second-order valence-corrected chi connectivity index (χ2v) is 6.56. The highest BCUT2D eigenvalue weighted by Gasteiger charge is 2.15. The van der Waals surface area contributed by atoms with Crippen LogP contribution in [0.15, 0.2) is 42.9 Å². The highest BCUT2D eigenvalue weighted by molar-refractivity contribution is 6.03. The number of carbonyl (C=O) groups excluding carboxylic acids is 1. The molecule has 3 heterocycles. The fourth-order valence-electron chi connectivity index (χ4n) is 2.99. The van der Waals surface area contributed by atoms with Crippen LogP contribution in [0.1, 0.15) is 10.4 Å². The predicted molar refractivity (Wildman–Crippen MR) is 109 cm³/mol. The molecule has 1 aromatic carbocycles. The first-order valence-electron chi connectivity index (χ1n) is 8.65. The molecule has 0 unspecified atom stereocenters. The summed E-state index contributed by atoms with van der Waals surface area (Å²) in [5.74, 6) is -0.00770. The van der Waals surface area contributed by atoms with E-state index in [9.17, 15) is 4.79 Å². The maximum Gasteiger partial charge on any atom is 0.253 e. The molecule has 2 N–H and O–H groups in total. The molecule has 7 nitrogen and oxygen atoms in total. The molecule has 4 aromatic rings. The summed E-state index contributed by atoms with van der Waals surface area (Å²) in [4.78, 5) is 25.8. The van der Waals surface area contributed by atoms with Crippen LogP contribution in [-0.4, -0.2) is 58.5 Å². The number of carbonyl (C=O) groups is 1. The molecule has 27 heavy (non-hydrogen) atoms. The number of H-pyrrole nitrogens is 1. The van der Waals surface area contributed by atoms with E-state index in [-0.39, 0.29) is 5.91 Å². The fourth-order valence-corrected chi connectivity index (χ4v) is 2.99. The van der Waals surface area contributed by atoms with Gasteiger partial charge < -0.3 is 19.8 Å². The van der Waals surface area contributed by atoms with Gasteiger partial charge in [-0.2, -0.15) is 0 Å². The first-order valence-corrected chi connectivity index (χ1v) is 8.65. The van der Waals surface area contributed by atoms with Gasteiger partial charge in [-0.25, -0.2) is 4.98 Å². The molecule has 3 aromatic heterocycles. The Bertz CT molecular complexity index is 1060. The van der Waals surface area contributed by atoms with Gasteiger partial charge in [0.25, 0.3) is 5.91 Å². The van der Waals surface area contributed by atoms with Crippen LogP contribution in [-0.2, 0) is 7.05 Å². The molecule has 4 rings (SSSR count). The van der Waals surface area contributed by atoms with E-state index in [1.165, 1.54) is 0 Å². The van der Waals surface area contributed by atoms with Gasteiger partial charge in [0.2, 0.25) is 0 Å². The van der Waals surface area contributed by atoms with Crippen molar-refractivity contribution < 1.29 is 4.79 Å². The Balaban J connectivity index is 0.000000659. The van der Waals surface area contributed by atoms with E-state index < -0.39 is 0 Å². The Hall–Kier alpha value is -3.19. The molecule has 0 bridgehead atoms. The molecule has 0 saturated carbocycles. The lowest BCUT2D eigenvalue weighted by Gasteiger charge is -2.10. The summed E-state index contributed by atoms with van der Waals surface area (Å²) in [7, 11) is 9.26. The van der Waals surface area contributed by atoms with Crippen molar-refractivity contribution in [3.63, 3.8) is 0 Å². The van der Waals surface area contributed by atoms with Crippen molar-refractivity contribution >= 4 is 28.0 Å². The highest BCUT2D eigenvalue weighted by atomic mass is 16.2. The molecule has 0 saturated heterocycles. The van der Waals surface area contributed by atoms with Crippen molar-refractivity contribution in [2.75, 3.05) is 28.2 Å². The van der Waals surface area contributed by atoms with Gasteiger partial charge in [0.1, 0.15) is 5.52 Å². The number of aromatic nitrogens is 4. The number of amides is 1. The Morgan fingerprint density at radius 3 is 2.52 bits per heavy atom. The minimum Gasteiger partial charge on any atom is -0.350 e. The number of nitrogens with zero attached hydrogens (tertiary/aromatic N) is 4. The summed E-state index contributed by atoms with van der Waals surface area (Å²) in [6.45, 7) is 0. The van der Waals surface area contributed by atoms with E-state index in [1.807, 2.05) is 45.4 Å². The second-order valence-electron chi connectivity index (χ2n) is 6.56. The Labute approximate surface area is 158 Å². The summed E-state index contributed by atoms with van der Waals surface area (Å²) in [6, 6.07) is 7.77. The molecule has 0 aliphatic carbocycles. The third-order valence-electron chi connectivity index (χ3n) is 4.19. The van der Waals surface area contributed by atoms with Crippen molar-refractivity contribution in [1.82, 2.24) is 29.7 Å². The maximum absolute atomic E-state index is 12.3. The van der Waals surface area contributed by atoms with Crippen LogP contribution in [0.25, 0.3) is 33.3 Å². The third-order valence-corrected chi connectivity index (χ3v) is 4.19. The van der Waals surface area contributed by atoms with Crippen molar-refractivity contribution in [2.24, 2.45) is 7.05 Å². The van der Waals surface area contributed by atoms with Crippen molar-refractivity contribution in [1.29, 1.82) is 0 Å². The van der Waals surface area contributed by atoms with E-state index in [4.69, 9.17) is 0 Å². The normalized spacial score (nSPS) is 10.7. The second kappa shape index (κ2) is 7.59. The average Bonchev–Trinajstić information content (AvgIpc) is 3.22. The molecule has 0 fully saturated rings. The van der Waals surface area contributed by atoms with Gasteiger partial charge in [-0.3, -0.25) is 9.78 Å². The quantitative estimate of drug-likeness (QED) is 0.573. The van der Waals surface area contributed by atoms with E-state index in [1.54, 1.807) is 31.4 Å². The standard InChI is InChI=1S/C18H17N5O.C2H7N/c1-22(2)18(24)11-4-5-16-12(8-11)13(10-23(16)3)14-9-15-17(21-14)20-7-6-19-15;1-3-2/h4-10H,1-3H3,(H,20,21);3H,1-2H3. The molecular weight excluding hydrogens is 340 g/mol. The van der Waals surface area contributed by atoms with Crippen LogP contribution in [0.4, 0.5) is 0 Å². The number of aromatic amines is 1. The number of hydrogen-bond donors (Lipinski definition) is 2. The SMILES string of the molecule is CN(C)C(=O)c1ccc2c(c1)c(-c1cc3nccnc3[nH]1)cn2C.CNC. The molecule has 140 valence electrons. The summed E-state index contributed by atoms with van der Waals surface area (Å²) in [5.41, 5.74) is 5.29. The summed E-state index contributed by atoms with van der Waals surface area (Å²) in [5, 5.41) is 3.77. The maximum atomic E-state index is 12.3. The van der Waals surface area contributed by atoms with Crippen LogP contribution in [0.3, 0.4) is 0 Å². The zero-order valence-corrected chi connectivity index (χ0v) is 16.2. The number of hydrogen-bond acceptors (Lipinski definition) is 4. The largest absolute Gasteiger partial charge is 0.350 e. The van der Waals surface area contributed by atoms with Crippen LogP contribution >= 0.6 is 0 Å². The molecule has 7 heteroatoms. The van der Waals surface area contributed by atoms with Gasteiger partial charge in [0.05, 0.1) is 5.69 Å². The molecule has 0 radical (unpaired) electrons. The van der Waals surface area contributed by atoms with Crippen LogP contribution in [0.2, 0.25) is 0 Å². The number of benzene rings is 1. The van der Waals surface area contributed by atoms with Gasteiger partial charge in [-0.1, -0.05) is 0 Å². The minimum absolute atomic E-state index is 0.00770. The van der Waals surface area contributed by atoms with Gasteiger partial charge in [0.15, 0.2) is 5.65 Å². The molecule has 0 atom stereocenters. The zero-order chi connectivity index (χ0) is 19.6. The summed E-state index contributed by atoms with van der Waals surface area (Å²) < 4.78 is 2.06. The molecular formula is C20H24N6O. The van der Waals surface area contributed by atoms with Gasteiger partial charge >= 0.3 is 0 Å². The van der Waals surface area contributed by atoms with E-state index in [0.717, 1.165) is 33.3 Å². The van der Waals surface area contributed by atoms with E-state index >= 15 is 0 Å². The zero-order valence-electron chi connectivity index (χ0n) is 16.2. The average molecular weight is 364 g/mol. The molecule has 0 aliphatic heterocycles. The summed E-state index contributed by atoms with van der Waals surface area (Å²) >= 11 is 0. The van der Waals surface area contributed by atoms with Crippen molar-refractivity contribution in [3.8, 4) is 11.3 Å². The number of nitrogens with one attached hydrogen (secondary N) is 2. The number of rotatable bonds is 2. The van der Waals surface area contributed by atoms with E-state index in [2.05, 4.69) is 31.0 Å². The first-order chi connectivity index (χ1) is 13.0.